The number of nitrogens with zero attached hydrogens (tertiary/aromatic N) is 6. The Bertz CT molecular complexity index is 3570. The zero-order chi connectivity index (χ0) is 47.2. The van der Waals surface area contributed by atoms with Crippen molar-refractivity contribution >= 4 is 21.8 Å². The Morgan fingerprint density at radius 1 is 0.407 bits per heavy atom. The van der Waals surface area contributed by atoms with E-state index in [1.165, 1.54) is 0 Å². The number of benzene rings is 7. The highest BCUT2D eigenvalue weighted by Gasteiger charge is 2.26. The van der Waals surface area contributed by atoms with Crippen LogP contribution < -0.4 is 0 Å². The quantitative estimate of drug-likeness (QED) is 0.166. The highest BCUT2D eigenvalue weighted by Crippen LogP contribution is 2.41. The van der Waals surface area contributed by atoms with E-state index in [-0.39, 0.29) is 27.6 Å². The summed E-state index contributed by atoms with van der Waals surface area (Å²) in [4.78, 5) is 19.8. The number of hydrogen-bond acceptors (Lipinski definition) is 4. The van der Waals surface area contributed by atoms with E-state index < -0.39 is 95.9 Å². The molecule has 0 spiro atoms. The fourth-order valence-corrected chi connectivity index (χ4v) is 6.63. The molecule has 0 saturated carbocycles. The minimum Gasteiger partial charge on any atom is -0.291 e. The van der Waals surface area contributed by atoms with E-state index in [9.17, 15) is 2.74 Å². The van der Waals surface area contributed by atoms with Crippen LogP contribution in [0.3, 0.4) is 0 Å². The van der Waals surface area contributed by atoms with E-state index in [1.54, 1.807) is 12.1 Å². The van der Waals surface area contributed by atoms with Crippen molar-refractivity contribution in [3.8, 4) is 68.3 Å². The van der Waals surface area contributed by atoms with Crippen LogP contribution in [0.25, 0.3) is 90.1 Å². The first kappa shape index (κ1) is 20.6. The highest BCUT2D eigenvalue weighted by atomic mass is 15.2. The third-order valence-electron chi connectivity index (χ3n) is 8.97. The predicted molar refractivity (Wildman–Crippen MR) is 218 cm³/mol. The molecule has 0 bridgehead atoms. The van der Waals surface area contributed by atoms with Crippen molar-refractivity contribution in [2.45, 2.75) is 0 Å². The van der Waals surface area contributed by atoms with Gasteiger partial charge in [0.05, 0.1) is 45.9 Å². The molecule has 7 aromatic carbocycles. The van der Waals surface area contributed by atoms with Crippen LogP contribution in [0.5, 0.6) is 0 Å². The van der Waals surface area contributed by atoms with Crippen LogP contribution in [-0.2, 0) is 0 Å². The molecular weight excluding hydrogens is 661 g/mol. The number of aromatic nitrogens is 6. The van der Waals surface area contributed by atoms with Gasteiger partial charge in [-0.2, -0.15) is 9.97 Å². The summed E-state index contributed by atoms with van der Waals surface area (Å²) in [5, 5.41) is -0.460. The van der Waals surface area contributed by atoms with Crippen LogP contribution in [0.2, 0.25) is 0 Å². The Balaban J connectivity index is 1.38. The molecule has 0 aliphatic rings. The van der Waals surface area contributed by atoms with Gasteiger partial charge in [0.1, 0.15) is 5.82 Å². The van der Waals surface area contributed by atoms with E-state index in [4.69, 9.17) is 30.0 Å². The molecule has 0 radical (unpaired) electrons. The Kier molecular flexibility index (Phi) is 5.05. The minimum atomic E-state index is -0.674. The summed E-state index contributed by atoms with van der Waals surface area (Å²) in [7, 11) is 0. The highest BCUT2D eigenvalue weighted by molar-refractivity contribution is 6.09. The molecular formula is C48H32N6. The van der Waals surface area contributed by atoms with Crippen LogP contribution in [0, 0.1) is 0 Å². The zero-order valence-electron chi connectivity index (χ0n) is 41.2. The number of rotatable bonds is 7. The molecule has 3 heterocycles. The van der Waals surface area contributed by atoms with Crippen LogP contribution in [0.4, 0.5) is 0 Å². The van der Waals surface area contributed by atoms with Crippen LogP contribution in [0.1, 0.15) is 17.8 Å². The first-order chi connectivity index (χ1) is 32.2. The van der Waals surface area contributed by atoms with Crippen molar-refractivity contribution in [1.29, 1.82) is 0 Å². The zero-order valence-corrected chi connectivity index (χ0v) is 28.2. The van der Waals surface area contributed by atoms with Crippen molar-refractivity contribution in [1.82, 2.24) is 29.1 Å². The lowest BCUT2D eigenvalue weighted by Crippen LogP contribution is -2.08. The number of fused-ring (bicyclic) bond motifs is 3. The molecule has 0 aliphatic carbocycles. The lowest BCUT2D eigenvalue weighted by Gasteiger charge is -2.18. The van der Waals surface area contributed by atoms with E-state index >= 15 is 0 Å². The van der Waals surface area contributed by atoms with Crippen LogP contribution in [0.15, 0.2) is 194 Å². The molecule has 6 heteroatoms. The van der Waals surface area contributed by atoms with E-state index in [0.29, 0.717) is 28.5 Å². The Labute approximate surface area is 330 Å². The largest absolute Gasteiger partial charge is 0.291 e. The van der Waals surface area contributed by atoms with Gasteiger partial charge in [0.15, 0.2) is 11.6 Å². The summed E-state index contributed by atoms with van der Waals surface area (Å²) in [6.45, 7) is 0. The normalized spacial score (nSPS) is 14.7. The average Bonchev–Trinajstić information content (AvgIpc) is 3.94. The molecule has 0 saturated heterocycles. The summed E-state index contributed by atoms with van der Waals surface area (Å²) in [5.41, 5.74) is 3.51. The Morgan fingerprint density at radius 3 is 1.61 bits per heavy atom. The lowest BCUT2D eigenvalue weighted by molar-refractivity contribution is 0.950. The van der Waals surface area contributed by atoms with E-state index in [0.717, 1.165) is 21.3 Å². The van der Waals surface area contributed by atoms with Crippen LogP contribution >= 0.6 is 0 Å². The average molecular weight is 706 g/mol. The second-order valence-electron chi connectivity index (χ2n) is 12.1. The predicted octanol–water partition coefficient (Wildman–Crippen LogP) is 11.5. The molecule has 6 nitrogen and oxygen atoms in total. The van der Waals surface area contributed by atoms with Crippen molar-refractivity contribution < 1.29 is 17.8 Å². The molecule has 0 unspecified atom stereocenters. The third-order valence-corrected chi connectivity index (χ3v) is 8.97. The van der Waals surface area contributed by atoms with Gasteiger partial charge in [-0.25, -0.2) is 9.97 Å². The second kappa shape index (κ2) is 13.3. The van der Waals surface area contributed by atoms with E-state index in [2.05, 4.69) is 4.98 Å². The number of hydrogen-bond donors (Lipinski definition) is 0. The van der Waals surface area contributed by atoms with Gasteiger partial charge < -0.3 is 0 Å². The fraction of sp³-hybridized carbons (Fsp3) is 0. The van der Waals surface area contributed by atoms with Crippen molar-refractivity contribution in [3.63, 3.8) is 0 Å². The molecule has 10 rings (SSSR count). The summed E-state index contributed by atoms with van der Waals surface area (Å²) < 4.78 is 117. The summed E-state index contributed by atoms with van der Waals surface area (Å²) in [6.07, 6.45) is 0. The third kappa shape index (κ3) is 5.36. The first-order valence-electron chi connectivity index (χ1n) is 23.4. The maximum absolute atomic E-state index is 9.17. The minimum absolute atomic E-state index is 0.132. The summed E-state index contributed by atoms with van der Waals surface area (Å²) in [5.74, 6) is -0.461. The standard InChI is InChI=1S/C48H32N6/c1-5-19-33(20-6-1)43-44(34-21-7-2-8-22-34)54(47(49-43)36-25-11-4-12-26-36)42-32-18-15-29-39(42)46-50-45(35-23-9-3-10-24-35)51-48(52-46)53-40-30-16-13-27-37(40)38-28-14-17-31-41(38)53/h1-32H/i3D,9D,10D,13D,14D,16D,17D,23D,24D,27D,28D,30D,31D. The SMILES string of the molecule is [2H]c1c([2H])c([2H])c(-c2nc(-c3ccccc3-n3c(-c4ccccc4)nc(-c4ccccc4)c3-c3ccccc3)nc(-n3c4c([2H])c([2H])c([2H])c([2H])c4c4c([2H])c([2H])c([2H])c([2H])c43)n2)c([2H])c1[2H]. The smallest absolute Gasteiger partial charge is 0.238 e. The van der Waals surface area contributed by atoms with Crippen molar-refractivity contribution in [2.24, 2.45) is 0 Å². The molecule has 0 fully saturated rings. The maximum Gasteiger partial charge on any atom is 0.238 e. The fourth-order valence-electron chi connectivity index (χ4n) is 6.63. The second-order valence-corrected chi connectivity index (χ2v) is 12.1. The van der Waals surface area contributed by atoms with Gasteiger partial charge in [0.2, 0.25) is 5.95 Å². The van der Waals surface area contributed by atoms with Gasteiger partial charge in [-0.1, -0.05) is 170 Å². The number of para-hydroxylation sites is 3. The lowest BCUT2D eigenvalue weighted by atomic mass is 10.0. The molecule has 254 valence electrons. The van der Waals surface area contributed by atoms with Gasteiger partial charge >= 0.3 is 0 Å². The Hall–Kier alpha value is -7.44. The Morgan fingerprint density at radius 2 is 0.944 bits per heavy atom. The molecule has 0 N–H and O–H groups in total. The van der Waals surface area contributed by atoms with Gasteiger partial charge in [-0.3, -0.25) is 9.13 Å². The summed E-state index contributed by atoms with van der Waals surface area (Å²) in [6, 6.07) is 27.6. The van der Waals surface area contributed by atoms with Crippen molar-refractivity contribution in [2.75, 3.05) is 0 Å². The topological polar surface area (TPSA) is 61.4 Å². The molecule has 54 heavy (non-hydrogen) atoms. The molecule has 10 aromatic rings. The van der Waals surface area contributed by atoms with Gasteiger partial charge in [0.25, 0.3) is 0 Å². The molecule has 3 aromatic heterocycles. The van der Waals surface area contributed by atoms with Crippen LogP contribution in [-0.4, -0.2) is 29.1 Å². The van der Waals surface area contributed by atoms with E-state index in [1.807, 2.05) is 108 Å². The molecule has 0 aliphatic heterocycles. The molecule has 0 atom stereocenters. The van der Waals surface area contributed by atoms with Crippen molar-refractivity contribution in [3.05, 3.63) is 194 Å². The summed E-state index contributed by atoms with van der Waals surface area (Å²) >= 11 is 0. The monoisotopic (exact) mass is 705 g/mol. The maximum atomic E-state index is 9.17. The van der Waals surface area contributed by atoms with Gasteiger partial charge in [0, 0.05) is 38.6 Å². The van der Waals surface area contributed by atoms with Gasteiger partial charge in [-0.15, -0.1) is 0 Å². The first-order valence-corrected chi connectivity index (χ1v) is 16.9. The van der Waals surface area contributed by atoms with Gasteiger partial charge in [-0.05, 0) is 24.2 Å². The molecule has 0 amide bonds. The number of imidazole rings is 1.